The molecule has 1 unspecified atom stereocenters. The van der Waals surface area contributed by atoms with E-state index in [0.717, 1.165) is 24.5 Å². The van der Waals surface area contributed by atoms with Gasteiger partial charge in [-0.3, -0.25) is 4.21 Å². The molecule has 1 atom stereocenters. The zero-order chi connectivity index (χ0) is 13.0. The van der Waals surface area contributed by atoms with E-state index < -0.39 is 10.8 Å². The van der Waals surface area contributed by atoms with Gasteiger partial charge in [-0.15, -0.1) is 0 Å². The van der Waals surface area contributed by atoms with Crippen LogP contribution < -0.4 is 10.6 Å². The van der Waals surface area contributed by atoms with E-state index in [0.29, 0.717) is 0 Å². The summed E-state index contributed by atoms with van der Waals surface area (Å²) in [4.78, 5) is 0.895. The van der Waals surface area contributed by atoms with Gasteiger partial charge in [0.15, 0.2) is 0 Å². The molecule has 2 N–H and O–H groups in total. The third-order valence-corrected chi connectivity index (χ3v) is 4.62. The Bertz CT molecular complexity index is 410. The first-order valence-electron chi connectivity index (χ1n) is 6.47. The highest BCUT2D eigenvalue weighted by molar-refractivity contribution is 7.84. The summed E-state index contributed by atoms with van der Waals surface area (Å²) in [5.41, 5.74) is 1.50. The number of benzene rings is 1. The molecule has 1 heterocycles. The number of piperidine rings is 1. The second kappa shape index (κ2) is 5.95. The van der Waals surface area contributed by atoms with Crippen molar-refractivity contribution in [1.82, 2.24) is 10.6 Å². The summed E-state index contributed by atoms with van der Waals surface area (Å²) in [5, 5.41) is 7.03. The number of hydrogen-bond donors (Lipinski definition) is 2. The van der Waals surface area contributed by atoms with E-state index in [1.54, 1.807) is 6.26 Å². The summed E-state index contributed by atoms with van der Waals surface area (Å²) in [6.45, 7) is 5.37. The molecule has 0 spiro atoms. The van der Waals surface area contributed by atoms with E-state index >= 15 is 0 Å². The van der Waals surface area contributed by atoms with Gasteiger partial charge in [-0.05, 0) is 50.6 Å². The molecule has 0 saturated carbocycles. The SMILES string of the molecule is CS(=O)c1ccc(CNC2(C)CCNCC2)cc1. The Morgan fingerprint density at radius 1 is 1.28 bits per heavy atom. The van der Waals surface area contributed by atoms with E-state index in [1.807, 2.05) is 12.1 Å². The molecule has 1 aliphatic rings. The molecular formula is C14H22N2OS. The lowest BCUT2D eigenvalue weighted by molar-refractivity contribution is 0.265. The molecule has 3 nitrogen and oxygen atoms in total. The Hall–Kier alpha value is -0.710. The second-order valence-corrected chi connectivity index (χ2v) is 6.64. The van der Waals surface area contributed by atoms with Crippen LogP contribution in [0.3, 0.4) is 0 Å². The predicted molar refractivity (Wildman–Crippen MR) is 76.1 cm³/mol. The molecule has 18 heavy (non-hydrogen) atoms. The maximum absolute atomic E-state index is 11.3. The van der Waals surface area contributed by atoms with E-state index in [2.05, 4.69) is 29.7 Å². The fourth-order valence-corrected chi connectivity index (χ4v) is 2.79. The van der Waals surface area contributed by atoms with Crippen LogP contribution in [0.2, 0.25) is 0 Å². The number of hydrogen-bond acceptors (Lipinski definition) is 3. The van der Waals surface area contributed by atoms with Crippen LogP contribution in [-0.4, -0.2) is 29.1 Å². The van der Waals surface area contributed by atoms with Crippen LogP contribution in [-0.2, 0) is 17.3 Å². The molecule has 0 aromatic heterocycles. The van der Waals surface area contributed by atoms with Crippen LogP contribution in [0.25, 0.3) is 0 Å². The summed E-state index contributed by atoms with van der Waals surface area (Å²) >= 11 is 0. The zero-order valence-electron chi connectivity index (χ0n) is 11.2. The van der Waals surface area contributed by atoms with E-state index in [4.69, 9.17) is 0 Å². The number of nitrogens with one attached hydrogen (secondary N) is 2. The van der Waals surface area contributed by atoms with Gasteiger partial charge in [-0.1, -0.05) is 12.1 Å². The molecule has 1 fully saturated rings. The Morgan fingerprint density at radius 2 is 1.89 bits per heavy atom. The summed E-state index contributed by atoms with van der Waals surface area (Å²) in [5.74, 6) is 0. The average Bonchev–Trinajstić information content (AvgIpc) is 2.38. The van der Waals surface area contributed by atoms with Gasteiger partial charge in [0.1, 0.15) is 0 Å². The lowest BCUT2D eigenvalue weighted by atomic mass is 9.90. The van der Waals surface area contributed by atoms with Crippen LogP contribution >= 0.6 is 0 Å². The maximum atomic E-state index is 11.3. The van der Waals surface area contributed by atoms with E-state index in [-0.39, 0.29) is 5.54 Å². The molecule has 0 aliphatic carbocycles. The highest BCUT2D eigenvalue weighted by Crippen LogP contribution is 2.18. The first-order valence-corrected chi connectivity index (χ1v) is 8.03. The first kappa shape index (κ1) is 13.7. The quantitative estimate of drug-likeness (QED) is 0.871. The largest absolute Gasteiger partial charge is 0.317 e. The van der Waals surface area contributed by atoms with Crippen molar-refractivity contribution in [1.29, 1.82) is 0 Å². The Labute approximate surface area is 112 Å². The molecule has 1 aromatic rings. The third-order valence-electron chi connectivity index (χ3n) is 3.68. The molecule has 0 amide bonds. The van der Waals surface area contributed by atoms with Crippen LogP contribution in [0.15, 0.2) is 29.2 Å². The normalized spacial score (nSPS) is 20.6. The molecule has 4 heteroatoms. The van der Waals surface area contributed by atoms with Gasteiger partial charge in [0, 0.05) is 34.0 Å². The molecule has 1 aromatic carbocycles. The van der Waals surface area contributed by atoms with Gasteiger partial charge in [0.05, 0.1) is 0 Å². The molecule has 0 bridgehead atoms. The van der Waals surface area contributed by atoms with Crippen LogP contribution in [0.5, 0.6) is 0 Å². The summed E-state index contributed by atoms with van der Waals surface area (Å²) in [6, 6.07) is 8.04. The minimum atomic E-state index is -0.882. The molecule has 2 rings (SSSR count). The maximum Gasteiger partial charge on any atom is 0.0498 e. The van der Waals surface area contributed by atoms with E-state index in [1.165, 1.54) is 18.4 Å². The van der Waals surface area contributed by atoms with Crippen molar-refractivity contribution in [3.05, 3.63) is 29.8 Å². The standard InChI is InChI=1S/C14H22N2OS/c1-14(7-9-15-10-8-14)16-11-12-3-5-13(6-4-12)18(2)17/h3-6,15-16H,7-11H2,1-2H3. The van der Waals surface area contributed by atoms with Crippen molar-refractivity contribution in [2.24, 2.45) is 0 Å². The molecule has 100 valence electrons. The van der Waals surface area contributed by atoms with Crippen LogP contribution in [0.4, 0.5) is 0 Å². The fourth-order valence-electron chi connectivity index (χ4n) is 2.27. The zero-order valence-corrected chi connectivity index (χ0v) is 12.0. The smallest absolute Gasteiger partial charge is 0.0498 e. The van der Waals surface area contributed by atoms with Gasteiger partial charge in [-0.2, -0.15) is 0 Å². The predicted octanol–water partition coefficient (Wildman–Crippen LogP) is 1.66. The Morgan fingerprint density at radius 3 is 2.44 bits per heavy atom. The van der Waals surface area contributed by atoms with Gasteiger partial charge in [0.25, 0.3) is 0 Å². The van der Waals surface area contributed by atoms with Gasteiger partial charge < -0.3 is 10.6 Å². The minimum Gasteiger partial charge on any atom is -0.317 e. The third kappa shape index (κ3) is 3.64. The Balaban J connectivity index is 1.91. The lowest BCUT2D eigenvalue weighted by Gasteiger charge is -2.35. The molecular weight excluding hydrogens is 244 g/mol. The summed E-state index contributed by atoms with van der Waals surface area (Å²) < 4.78 is 11.3. The summed E-state index contributed by atoms with van der Waals surface area (Å²) in [6.07, 6.45) is 4.05. The summed E-state index contributed by atoms with van der Waals surface area (Å²) in [7, 11) is -0.882. The van der Waals surface area contributed by atoms with Crippen molar-refractivity contribution in [3.8, 4) is 0 Å². The van der Waals surface area contributed by atoms with E-state index in [9.17, 15) is 4.21 Å². The lowest BCUT2D eigenvalue weighted by Crippen LogP contribution is -2.49. The fraction of sp³-hybridized carbons (Fsp3) is 0.571. The molecule has 0 radical (unpaired) electrons. The van der Waals surface area contributed by atoms with Gasteiger partial charge in [-0.25, -0.2) is 0 Å². The van der Waals surface area contributed by atoms with Crippen molar-refractivity contribution in [3.63, 3.8) is 0 Å². The highest BCUT2D eigenvalue weighted by atomic mass is 32.2. The van der Waals surface area contributed by atoms with Crippen LogP contribution in [0.1, 0.15) is 25.3 Å². The average molecular weight is 266 g/mol. The van der Waals surface area contributed by atoms with Crippen molar-refractivity contribution in [2.45, 2.75) is 36.7 Å². The Kier molecular flexibility index (Phi) is 4.54. The molecule has 1 saturated heterocycles. The topological polar surface area (TPSA) is 41.1 Å². The van der Waals surface area contributed by atoms with Gasteiger partial charge >= 0.3 is 0 Å². The first-order chi connectivity index (χ1) is 8.59. The van der Waals surface area contributed by atoms with Crippen molar-refractivity contribution >= 4 is 10.8 Å². The minimum absolute atomic E-state index is 0.248. The highest BCUT2D eigenvalue weighted by Gasteiger charge is 2.25. The van der Waals surface area contributed by atoms with Crippen molar-refractivity contribution < 1.29 is 4.21 Å². The monoisotopic (exact) mass is 266 g/mol. The molecule has 1 aliphatic heterocycles. The van der Waals surface area contributed by atoms with Crippen LogP contribution in [0, 0.1) is 0 Å². The van der Waals surface area contributed by atoms with Gasteiger partial charge in [0.2, 0.25) is 0 Å². The second-order valence-electron chi connectivity index (χ2n) is 5.26. The number of rotatable bonds is 4. The van der Waals surface area contributed by atoms with Crippen molar-refractivity contribution in [2.75, 3.05) is 19.3 Å².